The molecule has 2 aromatic rings. The fourth-order valence-corrected chi connectivity index (χ4v) is 3.66. The van der Waals surface area contributed by atoms with Crippen LogP contribution in [0.3, 0.4) is 0 Å². The minimum atomic E-state index is -0.224. The molecule has 1 saturated heterocycles. The number of nitrogens with one attached hydrogen (secondary N) is 3. The van der Waals surface area contributed by atoms with Crippen LogP contribution in [0, 0.1) is 0 Å². The van der Waals surface area contributed by atoms with E-state index in [1.54, 1.807) is 24.3 Å². The molecule has 0 saturated carbocycles. The third-order valence-corrected chi connectivity index (χ3v) is 5.39. The summed E-state index contributed by atoms with van der Waals surface area (Å²) in [5.74, 6) is -0.112. The van der Waals surface area contributed by atoms with Gasteiger partial charge in [-0.25, -0.2) is 4.79 Å². The lowest BCUT2D eigenvalue weighted by Crippen LogP contribution is -2.46. The number of hydrogen-bond donors (Lipinski definition) is 3. The Kier molecular flexibility index (Phi) is 8.87. The van der Waals surface area contributed by atoms with E-state index in [0.717, 1.165) is 45.7 Å². The molecule has 0 spiro atoms. The Morgan fingerprint density at radius 3 is 2.23 bits per heavy atom. The second-order valence-electron chi connectivity index (χ2n) is 7.77. The predicted octanol–water partition coefficient (Wildman–Crippen LogP) is 2.77. The summed E-state index contributed by atoms with van der Waals surface area (Å²) < 4.78 is 0. The van der Waals surface area contributed by atoms with Gasteiger partial charge in [0.2, 0.25) is 0 Å². The van der Waals surface area contributed by atoms with E-state index in [1.165, 1.54) is 5.56 Å². The van der Waals surface area contributed by atoms with E-state index in [-0.39, 0.29) is 11.9 Å². The van der Waals surface area contributed by atoms with Crippen LogP contribution in [0.4, 0.5) is 10.5 Å². The van der Waals surface area contributed by atoms with Gasteiger partial charge in [0.25, 0.3) is 5.91 Å². The quantitative estimate of drug-likeness (QED) is 0.542. The van der Waals surface area contributed by atoms with E-state index in [4.69, 9.17) is 0 Å². The van der Waals surface area contributed by atoms with Crippen molar-refractivity contribution in [2.75, 3.05) is 51.1 Å². The van der Waals surface area contributed by atoms with Gasteiger partial charge in [0.15, 0.2) is 0 Å². The Labute approximate surface area is 184 Å². The van der Waals surface area contributed by atoms with Gasteiger partial charge in [0, 0.05) is 57.1 Å². The molecule has 1 aliphatic heterocycles. The van der Waals surface area contributed by atoms with Crippen LogP contribution in [0.1, 0.15) is 29.3 Å². The SMILES string of the molecule is CCNC(=O)c1ccc(NC(=O)NCCCN2CCN(Cc3ccccc3)CC2)cc1. The molecule has 1 fully saturated rings. The molecule has 3 amide bonds. The highest BCUT2D eigenvalue weighted by atomic mass is 16.2. The summed E-state index contributed by atoms with van der Waals surface area (Å²) in [6.07, 6.45) is 0.919. The van der Waals surface area contributed by atoms with E-state index in [1.807, 2.05) is 6.92 Å². The molecule has 3 rings (SSSR count). The summed E-state index contributed by atoms with van der Waals surface area (Å²) in [7, 11) is 0. The molecule has 2 aromatic carbocycles. The van der Waals surface area contributed by atoms with Crippen LogP contribution < -0.4 is 16.0 Å². The van der Waals surface area contributed by atoms with Crippen molar-refractivity contribution in [2.24, 2.45) is 0 Å². The first-order chi connectivity index (χ1) is 15.1. The third-order valence-electron chi connectivity index (χ3n) is 5.39. The van der Waals surface area contributed by atoms with Crippen molar-refractivity contribution in [3.8, 4) is 0 Å². The number of anilines is 1. The fraction of sp³-hybridized carbons (Fsp3) is 0.417. The van der Waals surface area contributed by atoms with Gasteiger partial charge in [-0.15, -0.1) is 0 Å². The Morgan fingerprint density at radius 1 is 0.871 bits per heavy atom. The third kappa shape index (κ3) is 7.70. The number of amides is 3. The Morgan fingerprint density at radius 2 is 1.55 bits per heavy atom. The van der Waals surface area contributed by atoms with Gasteiger partial charge < -0.3 is 20.9 Å². The minimum absolute atomic E-state index is 0.112. The average Bonchev–Trinajstić information content (AvgIpc) is 2.79. The molecule has 7 heteroatoms. The maximum Gasteiger partial charge on any atom is 0.319 e. The standard InChI is InChI=1S/C24H33N5O2/c1-2-25-23(30)21-9-11-22(12-10-21)27-24(31)26-13-6-14-28-15-17-29(18-16-28)19-20-7-4-3-5-8-20/h3-5,7-12H,2,6,13-19H2,1H3,(H,25,30)(H2,26,27,31). The maximum atomic E-state index is 12.1. The van der Waals surface area contributed by atoms with Gasteiger partial charge in [-0.05, 0) is 49.7 Å². The van der Waals surface area contributed by atoms with E-state index in [0.29, 0.717) is 24.3 Å². The van der Waals surface area contributed by atoms with Crippen molar-refractivity contribution >= 4 is 17.6 Å². The molecule has 0 aliphatic carbocycles. The predicted molar refractivity (Wildman–Crippen MR) is 124 cm³/mol. The number of nitrogens with zero attached hydrogens (tertiary/aromatic N) is 2. The van der Waals surface area contributed by atoms with Crippen molar-refractivity contribution in [2.45, 2.75) is 19.9 Å². The second-order valence-corrected chi connectivity index (χ2v) is 7.77. The molecule has 1 aliphatic rings. The molecule has 0 bridgehead atoms. The van der Waals surface area contributed by atoms with Crippen LogP contribution >= 0.6 is 0 Å². The highest BCUT2D eigenvalue weighted by Crippen LogP contribution is 2.10. The molecule has 0 aromatic heterocycles. The Bertz CT molecular complexity index is 818. The molecular weight excluding hydrogens is 390 g/mol. The first kappa shape index (κ1) is 22.8. The largest absolute Gasteiger partial charge is 0.352 e. The van der Waals surface area contributed by atoms with E-state index < -0.39 is 0 Å². The number of hydrogen-bond acceptors (Lipinski definition) is 4. The molecular formula is C24H33N5O2. The van der Waals surface area contributed by atoms with Gasteiger partial charge in [-0.3, -0.25) is 9.69 Å². The number of rotatable bonds is 9. The number of urea groups is 1. The molecule has 0 unspecified atom stereocenters. The zero-order chi connectivity index (χ0) is 21.9. The number of benzene rings is 2. The van der Waals surface area contributed by atoms with Crippen molar-refractivity contribution in [1.82, 2.24) is 20.4 Å². The molecule has 0 radical (unpaired) electrons. The molecule has 7 nitrogen and oxygen atoms in total. The second kappa shape index (κ2) is 12.1. The van der Waals surface area contributed by atoms with Crippen molar-refractivity contribution in [3.63, 3.8) is 0 Å². The lowest BCUT2D eigenvalue weighted by molar-refractivity contribution is 0.0956. The average molecular weight is 424 g/mol. The molecule has 0 atom stereocenters. The number of piperazine rings is 1. The van der Waals surface area contributed by atoms with Crippen molar-refractivity contribution in [3.05, 3.63) is 65.7 Å². The molecule has 3 N–H and O–H groups in total. The smallest absolute Gasteiger partial charge is 0.319 e. The highest BCUT2D eigenvalue weighted by molar-refractivity contribution is 5.95. The number of carbonyl (C=O) groups is 2. The summed E-state index contributed by atoms with van der Waals surface area (Å²) in [6.45, 7) is 9.39. The molecule has 1 heterocycles. The summed E-state index contributed by atoms with van der Waals surface area (Å²) in [5, 5.41) is 8.46. The molecule has 31 heavy (non-hydrogen) atoms. The summed E-state index contributed by atoms with van der Waals surface area (Å²) in [6, 6.07) is 17.3. The van der Waals surface area contributed by atoms with E-state index >= 15 is 0 Å². The van der Waals surface area contributed by atoms with Crippen molar-refractivity contribution in [1.29, 1.82) is 0 Å². The molecule has 166 valence electrons. The van der Waals surface area contributed by atoms with Crippen LogP contribution in [-0.4, -0.2) is 67.6 Å². The van der Waals surface area contributed by atoms with Crippen LogP contribution in [0.2, 0.25) is 0 Å². The minimum Gasteiger partial charge on any atom is -0.352 e. The summed E-state index contributed by atoms with van der Waals surface area (Å²) in [5.41, 5.74) is 2.61. The summed E-state index contributed by atoms with van der Waals surface area (Å²) >= 11 is 0. The Hall–Kier alpha value is -2.90. The van der Waals surface area contributed by atoms with Gasteiger partial charge in [0.05, 0.1) is 0 Å². The zero-order valence-corrected chi connectivity index (χ0v) is 18.3. The van der Waals surface area contributed by atoms with E-state index in [9.17, 15) is 9.59 Å². The fourth-order valence-electron chi connectivity index (χ4n) is 3.66. The first-order valence-corrected chi connectivity index (χ1v) is 11.1. The van der Waals surface area contributed by atoms with Gasteiger partial charge in [-0.1, -0.05) is 30.3 Å². The topological polar surface area (TPSA) is 76.7 Å². The van der Waals surface area contributed by atoms with Crippen LogP contribution in [0.5, 0.6) is 0 Å². The van der Waals surface area contributed by atoms with Gasteiger partial charge in [0.1, 0.15) is 0 Å². The van der Waals surface area contributed by atoms with Crippen LogP contribution in [0.15, 0.2) is 54.6 Å². The van der Waals surface area contributed by atoms with E-state index in [2.05, 4.69) is 56.1 Å². The summed E-state index contributed by atoms with van der Waals surface area (Å²) in [4.78, 5) is 28.8. The zero-order valence-electron chi connectivity index (χ0n) is 18.3. The monoisotopic (exact) mass is 423 g/mol. The first-order valence-electron chi connectivity index (χ1n) is 11.1. The Balaban J connectivity index is 1.28. The number of carbonyl (C=O) groups excluding carboxylic acids is 2. The van der Waals surface area contributed by atoms with Crippen molar-refractivity contribution < 1.29 is 9.59 Å². The normalized spacial score (nSPS) is 14.7. The maximum absolute atomic E-state index is 12.1. The lowest BCUT2D eigenvalue weighted by atomic mass is 10.2. The van der Waals surface area contributed by atoms with Gasteiger partial charge >= 0.3 is 6.03 Å². The van der Waals surface area contributed by atoms with Gasteiger partial charge in [-0.2, -0.15) is 0 Å². The van der Waals surface area contributed by atoms with Crippen LogP contribution in [-0.2, 0) is 6.54 Å². The highest BCUT2D eigenvalue weighted by Gasteiger charge is 2.16. The van der Waals surface area contributed by atoms with Crippen LogP contribution in [0.25, 0.3) is 0 Å². The lowest BCUT2D eigenvalue weighted by Gasteiger charge is -2.34.